The zero-order valence-corrected chi connectivity index (χ0v) is 13.8. The highest BCUT2D eigenvalue weighted by Crippen LogP contribution is 2.36. The van der Waals surface area contributed by atoms with E-state index in [0.717, 1.165) is 16.2 Å². The van der Waals surface area contributed by atoms with E-state index in [1.54, 1.807) is 4.31 Å². The van der Waals surface area contributed by atoms with E-state index >= 15 is 0 Å². The quantitative estimate of drug-likeness (QED) is 0.717. The van der Waals surface area contributed by atoms with Gasteiger partial charge in [0.2, 0.25) is 10.0 Å². The molecule has 0 atom stereocenters. The minimum Gasteiger partial charge on any atom is -0.212 e. The molecule has 1 fully saturated rings. The number of hydrogen-bond donors (Lipinski definition) is 0. The number of nitrogens with zero attached hydrogens (tertiary/aromatic N) is 1. The molecular formula is C12H15Br2NO2S. The largest absolute Gasteiger partial charge is 0.218 e. The van der Waals surface area contributed by atoms with Gasteiger partial charge >= 0.3 is 0 Å². The third kappa shape index (κ3) is 2.98. The van der Waals surface area contributed by atoms with Crippen molar-refractivity contribution in [3.8, 4) is 0 Å². The van der Waals surface area contributed by atoms with Crippen LogP contribution in [0.5, 0.6) is 0 Å². The molecule has 1 heterocycles. The van der Waals surface area contributed by atoms with Gasteiger partial charge in [0.1, 0.15) is 0 Å². The predicted octanol–water partition coefficient (Wildman–Crippen LogP) is 2.61. The molecule has 6 heteroatoms. The summed E-state index contributed by atoms with van der Waals surface area (Å²) in [6.07, 6.45) is 0. The van der Waals surface area contributed by atoms with Gasteiger partial charge in [-0.3, -0.25) is 0 Å². The fourth-order valence-electron chi connectivity index (χ4n) is 1.98. The topological polar surface area (TPSA) is 37.4 Å². The van der Waals surface area contributed by atoms with Crippen molar-refractivity contribution >= 4 is 41.9 Å². The SMILES string of the molecule is O=S(=O)(Cc1ccccc1)N1CC(CBr)(CBr)C1. The third-order valence-electron chi connectivity index (χ3n) is 3.18. The van der Waals surface area contributed by atoms with Crippen LogP contribution < -0.4 is 0 Å². The maximum absolute atomic E-state index is 12.2. The van der Waals surface area contributed by atoms with Crippen molar-refractivity contribution in [2.45, 2.75) is 5.75 Å². The molecule has 1 aliphatic heterocycles. The van der Waals surface area contributed by atoms with Crippen LogP contribution in [0.3, 0.4) is 0 Å². The molecule has 0 amide bonds. The highest BCUT2D eigenvalue weighted by atomic mass is 79.9. The molecule has 18 heavy (non-hydrogen) atoms. The van der Waals surface area contributed by atoms with Gasteiger partial charge in [-0.05, 0) is 5.56 Å². The molecule has 0 spiro atoms. The van der Waals surface area contributed by atoms with Crippen LogP contribution in [-0.4, -0.2) is 36.5 Å². The van der Waals surface area contributed by atoms with Crippen LogP contribution in [0.15, 0.2) is 30.3 Å². The Balaban J connectivity index is 2.02. The molecule has 1 aromatic rings. The summed E-state index contributed by atoms with van der Waals surface area (Å²) in [5.74, 6) is 0.0918. The van der Waals surface area contributed by atoms with Gasteiger partial charge in [0.25, 0.3) is 0 Å². The molecule has 0 radical (unpaired) electrons. The molecule has 0 bridgehead atoms. The van der Waals surface area contributed by atoms with E-state index in [9.17, 15) is 8.42 Å². The first kappa shape index (κ1) is 14.5. The van der Waals surface area contributed by atoms with E-state index in [-0.39, 0.29) is 11.2 Å². The second-order valence-corrected chi connectivity index (χ2v) is 7.87. The summed E-state index contributed by atoms with van der Waals surface area (Å²) in [5, 5.41) is 1.64. The van der Waals surface area contributed by atoms with Crippen LogP contribution in [-0.2, 0) is 15.8 Å². The zero-order chi connectivity index (χ0) is 13.2. The number of rotatable bonds is 5. The molecule has 1 saturated heterocycles. The maximum atomic E-state index is 12.2. The van der Waals surface area contributed by atoms with Crippen molar-refractivity contribution in [2.24, 2.45) is 5.41 Å². The molecule has 3 nitrogen and oxygen atoms in total. The number of benzene rings is 1. The number of hydrogen-bond acceptors (Lipinski definition) is 2. The second kappa shape index (κ2) is 5.61. The van der Waals surface area contributed by atoms with Gasteiger partial charge in [-0.2, -0.15) is 0 Å². The van der Waals surface area contributed by atoms with Crippen LogP contribution in [0, 0.1) is 5.41 Å². The van der Waals surface area contributed by atoms with Gasteiger partial charge in [-0.1, -0.05) is 62.2 Å². The summed E-state index contributed by atoms with van der Waals surface area (Å²) in [7, 11) is -3.18. The van der Waals surface area contributed by atoms with Crippen molar-refractivity contribution in [1.29, 1.82) is 0 Å². The summed E-state index contributed by atoms with van der Waals surface area (Å²) >= 11 is 6.91. The number of sulfonamides is 1. The minimum atomic E-state index is -3.18. The fourth-order valence-corrected chi connectivity index (χ4v) is 5.35. The Morgan fingerprint density at radius 2 is 1.67 bits per heavy atom. The monoisotopic (exact) mass is 395 g/mol. The van der Waals surface area contributed by atoms with Crippen LogP contribution >= 0.6 is 31.9 Å². The average Bonchev–Trinajstić information content (AvgIpc) is 2.29. The zero-order valence-electron chi connectivity index (χ0n) is 9.85. The van der Waals surface area contributed by atoms with Gasteiger partial charge in [0.05, 0.1) is 5.75 Å². The van der Waals surface area contributed by atoms with Crippen molar-refractivity contribution in [1.82, 2.24) is 4.31 Å². The Bertz CT molecular complexity index is 492. The van der Waals surface area contributed by atoms with Crippen molar-refractivity contribution in [2.75, 3.05) is 23.7 Å². The summed E-state index contributed by atoms with van der Waals surface area (Å²) in [4.78, 5) is 0. The first-order valence-corrected chi connectivity index (χ1v) is 9.50. The lowest BCUT2D eigenvalue weighted by Crippen LogP contribution is -2.60. The molecule has 0 aliphatic carbocycles. The lowest BCUT2D eigenvalue weighted by molar-refractivity contribution is 0.124. The van der Waals surface area contributed by atoms with E-state index < -0.39 is 10.0 Å². The van der Waals surface area contributed by atoms with E-state index in [1.807, 2.05) is 30.3 Å². The molecule has 1 aromatic carbocycles. The van der Waals surface area contributed by atoms with Crippen molar-refractivity contribution in [3.05, 3.63) is 35.9 Å². The number of halogens is 2. The molecule has 1 aliphatic rings. The van der Waals surface area contributed by atoms with Crippen LogP contribution in [0.25, 0.3) is 0 Å². The van der Waals surface area contributed by atoms with Crippen molar-refractivity contribution < 1.29 is 8.42 Å². The average molecular weight is 397 g/mol. The van der Waals surface area contributed by atoms with Gasteiger partial charge in [0.15, 0.2) is 0 Å². The molecule has 0 unspecified atom stereocenters. The highest BCUT2D eigenvalue weighted by molar-refractivity contribution is 9.09. The highest BCUT2D eigenvalue weighted by Gasteiger charge is 2.46. The van der Waals surface area contributed by atoms with Crippen LogP contribution in [0.2, 0.25) is 0 Å². The lowest BCUT2D eigenvalue weighted by Gasteiger charge is -2.47. The van der Waals surface area contributed by atoms with Crippen LogP contribution in [0.1, 0.15) is 5.56 Å². The minimum absolute atomic E-state index is 0.0593. The molecular weight excluding hydrogens is 382 g/mol. The molecule has 0 aromatic heterocycles. The van der Waals surface area contributed by atoms with Gasteiger partial charge in [-0.15, -0.1) is 0 Å². The Hall–Kier alpha value is 0.0900. The lowest BCUT2D eigenvalue weighted by atomic mass is 9.87. The summed E-state index contributed by atoms with van der Waals surface area (Å²) in [6, 6.07) is 9.31. The second-order valence-electron chi connectivity index (χ2n) is 4.78. The Kier molecular flexibility index (Phi) is 4.52. The van der Waals surface area contributed by atoms with Gasteiger partial charge in [0, 0.05) is 29.2 Å². The molecule has 100 valence electrons. The van der Waals surface area contributed by atoms with Crippen molar-refractivity contribution in [3.63, 3.8) is 0 Å². The van der Waals surface area contributed by atoms with E-state index in [2.05, 4.69) is 31.9 Å². The first-order valence-electron chi connectivity index (χ1n) is 5.65. The summed E-state index contributed by atoms with van der Waals surface area (Å²) < 4.78 is 26.0. The first-order chi connectivity index (χ1) is 8.51. The van der Waals surface area contributed by atoms with E-state index in [1.165, 1.54) is 0 Å². The Labute approximate surface area is 125 Å². The molecule has 2 rings (SSSR count). The van der Waals surface area contributed by atoms with Gasteiger partial charge in [-0.25, -0.2) is 12.7 Å². The van der Waals surface area contributed by atoms with Gasteiger partial charge < -0.3 is 0 Å². The van der Waals surface area contributed by atoms with E-state index in [4.69, 9.17) is 0 Å². The van der Waals surface area contributed by atoms with E-state index in [0.29, 0.717) is 13.1 Å². The molecule has 0 saturated carbocycles. The third-order valence-corrected chi connectivity index (χ3v) is 7.30. The standard InChI is InChI=1S/C12H15Br2NO2S/c13-7-12(8-14)9-15(10-12)18(16,17)6-11-4-2-1-3-5-11/h1-5H,6-10H2. The molecule has 0 N–H and O–H groups in total. The Morgan fingerprint density at radius 1 is 1.11 bits per heavy atom. The predicted molar refractivity (Wildman–Crippen MR) is 80.7 cm³/mol. The fraction of sp³-hybridized carbons (Fsp3) is 0.500. The number of alkyl halides is 2. The van der Waals surface area contributed by atoms with Crippen LogP contribution in [0.4, 0.5) is 0 Å². The Morgan fingerprint density at radius 3 is 2.17 bits per heavy atom. The normalized spacial score (nSPS) is 19.4. The summed E-state index contributed by atoms with van der Waals surface area (Å²) in [6.45, 7) is 1.19. The maximum Gasteiger partial charge on any atom is 0.218 e. The summed E-state index contributed by atoms with van der Waals surface area (Å²) in [5.41, 5.74) is 0.900. The smallest absolute Gasteiger partial charge is 0.212 e.